The number of nitrogens with zero attached hydrogens (tertiary/aromatic N) is 1. The summed E-state index contributed by atoms with van der Waals surface area (Å²) in [6.45, 7) is 7.68. The summed E-state index contributed by atoms with van der Waals surface area (Å²) in [7, 11) is 1.87. The van der Waals surface area contributed by atoms with Gasteiger partial charge in [-0.25, -0.2) is 0 Å². The van der Waals surface area contributed by atoms with Crippen molar-refractivity contribution in [2.75, 3.05) is 13.6 Å². The van der Waals surface area contributed by atoms with Gasteiger partial charge in [0.2, 0.25) is 5.91 Å². The molecular formula is C17H28N2O. The Morgan fingerprint density at radius 1 is 1.30 bits per heavy atom. The van der Waals surface area contributed by atoms with Crippen molar-refractivity contribution in [3.8, 4) is 0 Å². The van der Waals surface area contributed by atoms with E-state index in [1.54, 1.807) is 0 Å². The Kier molecular flexibility index (Phi) is 6.73. The second kappa shape index (κ2) is 8.05. The SMILES string of the molecule is Cc1ccccc1CN(C)C(=O)C[C@@H](CN)CC(C)C. The number of hydrogen-bond donors (Lipinski definition) is 1. The zero-order valence-corrected chi connectivity index (χ0v) is 13.2. The number of hydrogen-bond acceptors (Lipinski definition) is 2. The van der Waals surface area contributed by atoms with Gasteiger partial charge in [0.05, 0.1) is 0 Å². The van der Waals surface area contributed by atoms with E-state index in [0.29, 0.717) is 31.3 Å². The van der Waals surface area contributed by atoms with Crippen LogP contribution in [0, 0.1) is 18.8 Å². The van der Waals surface area contributed by atoms with Crippen molar-refractivity contribution >= 4 is 5.91 Å². The molecule has 1 amide bonds. The molecule has 3 heteroatoms. The first-order valence-corrected chi connectivity index (χ1v) is 7.42. The van der Waals surface area contributed by atoms with Crippen LogP contribution in [-0.4, -0.2) is 24.4 Å². The smallest absolute Gasteiger partial charge is 0.222 e. The van der Waals surface area contributed by atoms with E-state index in [2.05, 4.69) is 32.9 Å². The molecule has 0 aliphatic heterocycles. The van der Waals surface area contributed by atoms with Gasteiger partial charge in [0, 0.05) is 20.0 Å². The first kappa shape index (κ1) is 16.7. The van der Waals surface area contributed by atoms with Crippen molar-refractivity contribution in [3.63, 3.8) is 0 Å². The summed E-state index contributed by atoms with van der Waals surface area (Å²) in [4.78, 5) is 14.1. The van der Waals surface area contributed by atoms with Crippen LogP contribution in [-0.2, 0) is 11.3 Å². The molecule has 1 aromatic rings. The number of amides is 1. The Morgan fingerprint density at radius 3 is 2.50 bits per heavy atom. The minimum Gasteiger partial charge on any atom is -0.341 e. The Bertz CT molecular complexity index is 429. The molecule has 20 heavy (non-hydrogen) atoms. The molecule has 2 N–H and O–H groups in total. The van der Waals surface area contributed by atoms with Gasteiger partial charge < -0.3 is 10.6 Å². The average molecular weight is 276 g/mol. The Hall–Kier alpha value is -1.35. The van der Waals surface area contributed by atoms with E-state index in [9.17, 15) is 4.79 Å². The highest BCUT2D eigenvalue weighted by Gasteiger charge is 2.17. The average Bonchev–Trinajstić information content (AvgIpc) is 2.39. The highest BCUT2D eigenvalue weighted by molar-refractivity contribution is 5.76. The van der Waals surface area contributed by atoms with Gasteiger partial charge in [-0.1, -0.05) is 38.1 Å². The lowest BCUT2D eigenvalue weighted by Gasteiger charge is -2.22. The summed E-state index contributed by atoms with van der Waals surface area (Å²) in [6.07, 6.45) is 1.57. The van der Waals surface area contributed by atoms with Crippen LogP contribution in [0.15, 0.2) is 24.3 Å². The maximum Gasteiger partial charge on any atom is 0.222 e. The Morgan fingerprint density at radius 2 is 1.95 bits per heavy atom. The predicted octanol–water partition coefficient (Wildman–Crippen LogP) is 2.96. The molecule has 0 saturated heterocycles. The second-order valence-electron chi connectivity index (χ2n) is 6.11. The van der Waals surface area contributed by atoms with Gasteiger partial charge >= 0.3 is 0 Å². The van der Waals surface area contributed by atoms with Crippen molar-refractivity contribution in [1.29, 1.82) is 0 Å². The number of rotatable bonds is 7. The van der Waals surface area contributed by atoms with Crippen LogP contribution < -0.4 is 5.73 Å². The molecule has 1 aromatic carbocycles. The van der Waals surface area contributed by atoms with Gasteiger partial charge in [-0.2, -0.15) is 0 Å². The molecule has 0 fully saturated rings. The third kappa shape index (κ3) is 5.33. The molecule has 0 radical (unpaired) electrons. The van der Waals surface area contributed by atoms with E-state index < -0.39 is 0 Å². The standard InChI is InChI=1S/C17H28N2O/c1-13(2)9-15(11-18)10-17(20)19(4)12-16-8-6-5-7-14(16)3/h5-8,13,15H,9-12,18H2,1-4H3/t15-/m0/s1. The van der Waals surface area contributed by atoms with Crippen LogP contribution in [0.4, 0.5) is 0 Å². The fraction of sp³-hybridized carbons (Fsp3) is 0.588. The molecule has 0 heterocycles. The molecule has 3 nitrogen and oxygen atoms in total. The van der Waals surface area contributed by atoms with Crippen molar-refractivity contribution in [2.45, 2.75) is 40.2 Å². The van der Waals surface area contributed by atoms with Crippen LogP contribution >= 0.6 is 0 Å². The van der Waals surface area contributed by atoms with Gasteiger partial charge in [-0.05, 0) is 42.9 Å². The molecule has 0 aromatic heterocycles. The number of nitrogens with two attached hydrogens (primary N) is 1. The normalized spacial score (nSPS) is 12.5. The van der Waals surface area contributed by atoms with Crippen LogP contribution in [0.5, 0.6) is 0 Å². The third-order valence-corrected chi connectivity index (χ3v) is 3.70. The van der Waals surface area contributed by atoms with E-state index in [0.717, 1.165) is 6.42 Å². The molecule has 0 saturated carbocycles. The fourth-order valence-electron chi connectivity index (χ4n) is 2.46. The van der Waals surface area contributed by atoms with Gasteiger partial charge in [-0.15, -0.1) is 0 Å². The largest absolute Gasteiger partial charge is 0.341 e. The van der Waals surface area contributed by atoms with Gasteiger partial charge in [-0.3, -0.25) is 4.79 Å². The molecule has 0 aliphatic rings. The van der Waals surface area contributed by atoms with E-state index in [1.165, 1.54) is 11.1 Å². The Balaban J connectivity index is 2.56. The topological polar surface area (TPSA) is 46.3 Å². The molecule has 0 spiro atoms. The molecule has 1 atom stereocenters. The van der Waals surface area contributed by atoms with Crippen LogP contribution in [0.1, 0.15) is 37.8 Å². The maximum atomic E-state index is 12.3. The van der Waals surface area contributed by atoms with E-state index in [4.69, 9.17) is 5.73 Å². The number of benzene rings is 1. The molecule has 0 bridgehead atoms. The van der Waals surface area contributed by atoms with Gasteiger partial charge in [0.1, 0.15) is 0 Å². The lowest BCUT2D eigenvalue weighted by atomic mass is 9.93. The molecule has 0 unspecified atom stereocenters. The molecule has 1 rings (SSSR count). The van der Waals surface area contributed by atoms with Crippen molar-refractivity contribution in [1.82, 2.24) is 4.90 Å². The van der Waals surface area contributed by atoms with Gasteiger partial charge in [0.15, 0.2) is 0 Å². The maximum absolute atomic E-state index is 12.3. The van der Waals surface area contributed by atoms with Crippen molar-refractivity contribution in [3.05, 3.63) is 35.4 Å². The third-order valence-electron chi connectivity index (χ3n) is 3.70. The number of carbonyl (C=O) groups is 1. The monoisotopic (exact) mass is 276 g/mol. The summed E-state index contributed by atoms with van der Waals surface area (Å²) < 4.78 is 0. The summed E-state index contributed by atoms with van der Waals surface area (Å²) in [6, 6.07) is 8.19. The summed E-state index contributed by atoms with van der Waals surface area (Å²) in [5.41, 5.74) is 8.21. The zero-order chi connectivity index (χ0) is 15.1. The number of carbonyl (C=O) groups excluding carboxylic acids is 1. The second-order valence-corrected chi connectivity index (χ2v) is 6.11. The van der Waals surface area contributed by atoms with Crippen LogP contribution in [0.3, 0.4) is 0 Å². The van der Waals surface area contributed by atoms with E-state index >= 15 is 0 Å². The highest BCUT2D eigenvalue weighted by atomic mass is 16.2. The van der Waals surface area contributed by atoms with Crippen LogP contribution in [0.25, 0.3) is 0 Å². The summed E-state index contributed by atoms with van der Waals surface area (Å²) >= 11 is 0. The lowest BCUT2D eigenvalue weighted by Crippen LogP contribution is -2.30. The Labute approximate surface area is 123 Å². The lowest BCUT2D eigenvalue weighted by molar-refractivity contribution is -0.131. The quantitative estimate of drug-likeness (QED) is 0.832. The zero-order valence-electron chi connectivity index (χ0n) is 13.2. The van der Waals surface area contributed by atoms with E-state index in [-0.39, 0.29) is 5.91 Å². The minimum atomic E-state index is 0.185. The highest BCUT2D eigenvalue weighted by Crippen LogP contribution is 2.16. The van der Waals surface area contributed by atoms with Crippen LogP contribution in [0.2, 0.25) is 0 Å². The first-order valence-electron chi connectivity index (χ1n) is 7.42. The predicted molar refractivity (Wildman–Crippen MR) is 84.3 cm³/mol. The van der Waals surface area contributed by atoms with E-state index in [1.807, 2.05) is 24.1 Å². The summed E-state index contributed by atoms with van der Waals surface area (Å²) in [5, 5.41) is 0. The first-order chi connectivity index (χ1) is 9.43. The van der Waals surface area contributed by atoms with Crippen molar-refractivity contribution < 1.29 is 4.79 Å². The molecule has 0 aliphatic carbocycles. The van der Waals surface area contributed by atoms with Crippen molar-refractivity contribution in [2.24, 2.45) is 17.6 Å². The molecular weight excluding hydrogens is 248 g/mol. The summed E-state index contributed by atoms with van der Waals surface area (Å²) in [5.74, 6) is 1.06. The molecule has 112 valence electrons. The van der Waals surface area contributed by atoms with Gasteiger partial charge in [0.25, 0.3) is 0 Å². The fourth-order valence-corrected chi connectivity index (χ4v) is 2.46. The number of aryl methyl sites for hydroxylation is 1. The minimum absolute atomic E-state index is 0.185.